The number of benzene rings is 1. The van der Waals surface area contributed by atoms with Gasteiger partial charge in [-0.3, -0.25) is 4.40 Å². The van der Waals surface area contributed by atoms with Gasteiger partial charge in [-0.05, 0) is 24.3 Å². The second-order valence-electron chi connectivity index (χ2n) is 3.54. The molecule has 3 rings (SSSR count). The van der Waals surface area contributed by atoms with Gasteiger partial charge >= 0.3 is 0 Å². The lowest BCUT2D eigenvalue weighted by Gasteiger charge is -2.03. The Morgan fingerprint density at radius 3 is 2.94 bits per heavy atom. The van der Waals surface area contributed by atoms with Gasteiger partial charge < -0.3 is 5.73 Å². The van der Waals surface area contributed by atoms with Crippen LogP contribution in [0.4, 0.5) is 5.69 Å². The zero-order chi connectivity index (χ0) is 11.8. The standard InChI is InChI=1S/C11H8BrN5/c12-7-2-3-8(9(13)6-7)10-15-16-11-14-4-1-5-17(10)11/h1-6H,13H2. The van der Waals surface area contributed by atoms with Crippen molar-refractivity contribution in [2.75, 3.05) is 5.73 Å². The van der Waals surface area contributed by atoms with Crippen LogP contribution in [0.5, 0.6) is 0 Å². The molecule has 0 aliphatic heterocycles. The summed E-state index contributed by atoms with van der Waals surface area (Å²) >= 11 is 3.37. The Hall–Kier alpha value is -1.95. The molecule has 3 aromatic rings. The van der Waals surface area contributed by atoms with Crippen LogP contribution in [-0.4, -0.2) is 19.6 Å². The Kier molecular flexibility index (Phi) is 2.29. The van der Waals surface area contributed by atoms with Crippen molar-refractivity contribution in [2.45, 2.75) is 0 Å². The second kappa shape index (κ2) is 3.81. The molecule has 0 amide bonds. The Balaban J connectivity index is 2.27. The number of nitrogens with zero attached hydrogens (tertiary/aromatic N) is 4. The van der Waals surface area contributed by atoms with Crippen molar-refractivity contribution < 1.29 is 0 Å². The fourth-order valence-electron chi connectivity index (χ4n) is 1.66. The van der Waals surface area contributed by atoms with Gasteiger partial charge in [0.05, 0.1) is 0 Å². The third-order valence-electron chi connectivity index (χ3n) is 2.44. The number of anilines is 1. The minimum atomic E-state index is 0.560. The summed E-state index contributed by atoms with van der Waals surface area (Å²) < 4.78 is 2.74. The van der Waals surface area contributed by atoms with Crippen LogP contribution in [0.3, 0.4) is 0 Å². The summed E-state index contributed by atoms with van der Waals surface area (Å²) in [7, 11) is 0. The smallest absolute Gasteiger partial charge is 0.255 e. The van der Waals surface area contributed by atoms with Crippen molar-refractivity contribution in [1.29, 1.82) is 0 Å². The highest BCUT2D eigenvalue weighted by atomic mass is 79.9. The van der Waals surface area contributed by atoms with Crippen LogP contribution in [0.25, 0.3) is 17.2 Å². The Morgan fingerprint density at radius 1 is 1.24 bits per heavy atom. The first-order valence-electron chi connectivity index (χ1n) is 4.97. The van der Waals surface area contributed by atoms with E-state index in [1.54, 1.807) is 10.6 Å². The Morgan fingerprint density at radius 2 is 2.12 bits per heavy atom. The predicted molar refractivity (Wildman–Crippen MR) is 68.3 cm³/mol. The zero-order valence-corrected chi connectivity index (χ0v) is 10.3. The van der Waals surface area contributed by atoms with Gasteiger partial charge in [-0.1, -0.05) is 15.9 Å². The highest BCUT2D eigenvalue weighted by molar-refractivity contribution is 9.10. The third kappa shape index (κ3) is 1.66. The predicted octanol–water partition coefficient (Wildman–Crippen LogP) is 2.14. The van der Waals surface area contributed by atoms with Crippen LogP contribution in [-0.2, 0) is 0 Å². The first kappa shape index (κ1) is 10.2. The van der Waals surface area contributed by atoms with Gasteiger partial charge in [0.25, 0.3) is 5.78 Å². The number of fused-ring (bicyclic) bond motifs is 1. The summed E-state index contributed by atoms with van der Waals surface area (Å²) in [6, 6.07) is 7.49. The lowest BCUT2D eigenvalue weighted by Crippen LogP contribution is -1.95. The maximum absolute atomic E-state index is 5.97. The molecular weight excluding hydrogens is 282 g/mol. The van der Waals surface area contributed by atoms with E-state index in [4.69, 9.17) is 5.73 Å². The summed E-state index contributed by atoms with van der Waals surface area (Å²) in [6.07, 6.45) is 3.54. The zero-order valence-electron chi connectivity index (χ0n) is 8.71. The maximum atomic E-state index is 5.97. The van der Waals surface area contributed by atoms with E-state index < -0.39 is 0 Å². The fraction of sp³-hybridized carbons (Fsp3) is 0. The number of hydrogen-bond acceptors (Lipinski definition) is 4. The minimum absolute atomic E-state index is 0.560. The van der Waals surface area contributed by atoms with Crippen molar-refractivity contribution >= 4 is 27.4 Å². The van der Waals surface area contributed by atoms with Gasteiger partial charge in [-0.15, -0.1) is 10.2 Å². The molecule has 0 radical (unpaired) electrons. The molecule has 0 spiro atoms. The largest absolute Gasteiger partial charge is 0.398 e. The highest BCUT2D eigenvalue weighted by Crippen LogP contribution is 2.27. The molecule has 0 aliphatic rings. The summed E-state index contributed by atoms with van der Waals surface area (Å²) in [5.41, 5.74) is 7.46. The molecule has 2 heterocycles. The molecule has 0 fully saturated rings. The molecule has 0 aliphatic carbocycles. The van der Waals surface area contributed by atoms with E-state index in [0.717, 1.165) is 10.0 Å². The van der Waals surface area contributed by atoms with Gasteiger partial charge in [-0.2, -0.15) is 0 Å². The van der Waals surface area contributed by atoms with E-state index >= 15 is 0 Å². The summed E-state index contributed by atoms with van der Waals surface area (Å²) in [5, 5.41) is 8.10. The number of rotatable bonds is 1. The molecule has 1 aromatic carbocycles. The first-order valence-corrected chi connectivity index (χ1v) is 5.76. The molecule has 5 nitrogen and oxygen atoms in total. The van der Waals surface area contributed by atoms with Crippen LogP contribution in [0.15, 0.2) is 41.1 Å². The average molecular weight is 290 g/mol. The molecule has 0 unspecified atom stereocenters. The van der Waals surface area contributed by atoms with Crippen LogP contribution >= 0.6 is 15.9 Å². The molecule has 0 bridgehead atoms. The van der Waals surface area contributed by atoms with Crippen LogP contribution < -0.4 is 5.73 Å². The van der Waals surface area contributed by atoms with Crippen molar-refractivity contribution in [1.82, 2.24) is 19.6 Å². The van der Waals surface area contributed by atoms with Crippen molar-refractivity contribution in [3.8, 4) is 11.4 Å². The molecule has 6 heteroatoms. The fourth-order valence-corrected chi connectivity index (χ4v) is 2.04. The molecule has 2 aromatic heterocycles. The van der Waals surface area contributed by atoms with E-state index in [-0.39, 0.29) is 0 Å². The topological polar surface area (TPSA) is 69.1 Å². The lowest BCUT2D eigenvalue weighted by molar-refractivity contribution is 1.10. The molecule has 0 atom stereocenters. The first-order chi connectivity index (χ1) is 8.25. The van der Waals surface area contributed by atoms with Crippen LogP contribution in [0.2, 0.25) is 0 Å². The number of aromatic nitrogens is 4. The van der Waals surface area contributed by atoms with Gasteiger partial charge in [0.15, 0.2) is 5.82 Å². The molecule has 0 saturated heterocycles. The Bertz CT molecular complexity index is 691. The van der Waals surface area contributed by atoms with Gasteiger partial charge in [0, 0.05) is 28.1 Å². The molecule has 0 saturated carbocycles. The van der Waals surface area contributed by atoms with E-state index in [1.165, 1.54) is 0 Å². The monoisotopic (exact) mass is 289 g/mol. The van der Waals surface area contributed by atoms with Crippen LogP contribution in [0, 0.1) is 0 Å². The maximum Gasteiger partial charge on any atom is 0.255 e. The summed E-state index contributed by atoms with van der Waals surface area (Å²) in [6.45, 7) is 0. The number of hydrogen-bond donors (Lipinski definition) is 1. The molecule has 84 valence electrons. The SMILES string of the molecule is Nc1cc(Br)ccc1-c1nnc2ncccn12. The number of nitrogens with two attached hydrogens (primary N) is 1. The quantitative estimate of drug-likeness (QED) is 0.697. The van der Waals surface area contributed by atoms with Gasteiger partial charge in [-0.25, -0.2) is 4.98 Å². The van der Waals surface area contributed by atoms with Gasteiger partial charge in [0.1, 0.15) is 0 Å². The number of halogens is 1. The number of nitrogen functional groups attached to an aromatic ring is 1. The Labute approximate surface area is 105 Å². The summed E-state index contributed by atoms with van der Waals surface area (Å²) in [4.78, 5) is 4.11. The molecule has 2 N–H and O–H groups in total. The normalized spacial score (nSPS) is 10.9. The lowest BCUT2D eigenvalue weighted by atomic mass is 10.2. The van der Waals surface area contributed by atoms with Crippen molar-refractivity contribution in [3.63, 3.8) is 0 Å². The molecule has 17 heavy (non-hydrogen) atoms. The van der Waals surface area contributed by atoms with E-state index in [1.807, 2.05) is 30.5 Å². The van der Waals surface area contributed by atoms with Gasteiger partial charge in [0.2, 0.25) is 0 Å². The van der Waals surface area contributed by atoms with Crippen molar-refractivity contribution in [3.05, 3.63) is 41.1 Å². The average Bonchev–Trinajstić information content (AvgIpc) is 2.73. The second-order valence-corrected chi connectivity index (χ2v) is 4.46. The van der Waals surface area contributed by atoms with E-state index in [0.29, 0.717) is 17.3 Å². The summed E-state index contributed by atoms with van der Waals surface area (Å²) in [5.74, 6) is 1.25. The minimum Gasteiger partial charge on any atom is -0.398 e. The van der Waals surface area contributed by atoms with Crippen molar-refractivity contribution in [2.24, 2.45) is 0 Å². The van der Waals surface area contributed by atoms with E-state index in [2.05, 4.69) is 31.1 Å². The van der Waals surface area contributed by atoms with Crippen LogP contribution in [0.1, 0.15) is 0 Å². The van der Waals surface area contributed by atoms with E-state index in [9.17, 15) is 0 Å². The highest BCUT2D eigenvalue weighted by Gasteiger charge is 2.10. The molecular formula is C11H8BrN5. The third-order valence-corrected chi connectivity index (χ3v) is 2.94.